The maximum atomic E-state index is 5.93. The number of hydrogen-bond donors (Lipinski definition) is 0. The lowest BCUT2D eigenvalue weighted by Gasteiger charge is -2.38. The van der Waals surface area contributed by atoms with Crippen LogP contribution in [0.15, 0.2) is 23.0 Å². The van der Waals surface area contributed by atoms with Crippen LogP contribution in [-0.2, 0) is 16.0 Å². The van der Waals surface area contributed by atoms with E-state index in [4.69, 9.17) is 13.9 Å². The Hall–Kier alpha value is -0.840. The van der Waals surface area contributed by atoms with Gasteiger partial charge < -0.3 is 13.9 Å². The molecule has 2 heterocycles. The highest BCUT2D eigenvalue weighted by Gasteiger charge is 2.43. The van der Waals surface area contributed by atoms with Crippen LogP contribution in [0.3, 0.4) is 0 Å². The second-order valence-electron chi connectivity index (χ2n) is 5.08. The van der Waals surface area contributed by atoms with Gasteiger partial charge >= 0.3 is 0 Å². The van der Waals surface area contributed by atoms with Crippen molar-refractivity contribution in [3.05, 3.63) is 24.2 Å². The van der Waals surface area contributed by atoms with Crippen LogP contribution in [0.1, 0.15) is 25.3 Å². The normalized spacial score (nSPS) is 32.6. The second kappa shape index (κ2) is 5.43. The Bertz CT molecular complexity index is 365. The van der Waals surface area contributed by atoms with Gasteiger partial charge in [0.05, 0.1) is 31.3 Å². The molecule has 3 rings (SSSR count). The topological polar surface area (TPSA) is 34.8 Å². The summed E-state index contributed by atoms with van der Waals surface area (Å²) in [5.74, 6) is 0. The number of furan rings is 1. The van der Waals surface area contributed by atoms with Crippen LogP contribution in [-0.4, -0.2) is 42.9 Å². The Balaban J connectivity index is 1.66. The predicted molar refractivity (Wildman–Crippen MR) is 67.3 cm³/mol. The molecular formula is C14H21NO3. The highest BCUT2D eigenvalue weighted by molar-refractivity contribution is 5.07. The smallest absolute Gasteiger partial charge is 0.0992 e. The van der Waals surface area contributed by atoms with E-state index in [1.54, 1.807) is 6.26 Å². The van der Waals surface area contributed by atoms with Gasteiger partial charge in [-0.3, -0.25) is 4.90 Å². The van der Waals surface area contributed by atoms with E-state index in [0.717, 1.165) is 32.7 Å². The summed E-state index contributed by atoms with van der Waals surface area (Å²) in [6.45, 7) is 5.60. The Kier molecular flexibility index (Phi) is 3.68. The summed E-state index contributed by atoms with van der Waals surface area (Å²) in [7, 11) is 0. The third-order valence-electron chi connectivity index (χ3n) is 4.00. The summed E-state index contributed by atoms with van der Waals surface area (Å²) < 4.78 is 16.9. The minimum absolute atomic E-state index is 0.255. The van der Waals surface area contributed by atoms with Crippen molar-refractivity contribution in [3.8, 4) is 0 Å². The lowest BCUT2D eigenvalue weighted by molar-refractivity contribution is -0.113. The van der Waals surface area contributed by atoms with Gasteiger partial charge in [0.2, 0.25) is 0 Å². The summed E-state index contributed by atoms with van der Waals surface area (Å²) >= 11 is 0. The van der Waals surface area contributed by atoms with Crippen LogP contribution in [0.2, 0.25) is 0 Å². The number of nitrogens with zero attached hydrogens (tertiary/aromatic N) is 1. The Labute approximate surface area is 108 Å². The average molecular weight is 251 g/mol. The maximum absolute atomic E-state index is 5.93. The van der Waals surface area contributed by atoms with Crippen LogP contribution >= 0.6 is 0 Å². The first kappa shape index (κ1) is 12.2. The van der Waals surface area contributed by atoms with Crippen molar-refractivity contribution < 1.29 is 13.9 Å². The van der Waals surface area contributed by atoms with Gasteiger partial charge in [-0.2, -0.15) is 0 Å². The second-order valence-corrected chi connectivity index (χ2v) is 5.08. The molecule has 18 heavy (non-hydrogen) atoms. The van der Waals surface area contributed by atoms with E-state index in [9.17, 15) is 0 Å². The first-order valence-electron chi connectivity index (χ1n) is 6.87. The molecule has 4 heteroatoms. The molecule has 0 N–H and O–H groups in total. The van der Waals surface area contributed by atoms with E-state index in [-0.39, 0.29) is 12.2 Å². The SMILES string of the molecule is CCO[C@@H]1CC[C@H]2[C@H]1OCCN2Cc1ccoc1. The van der Waals surface area contributed by atoms with Crippen molar-refractivity contribution in [2.24, 2.45) is 0 Å². The fourth-order valence-corrected chi connectivity index (χ4v) is 3.20. The average Bonchev–Trinajstić information content (AvgIpc) is 3.01. The first-order valence-corrected chi connectivity index (χ1v) is 6.87. The molecule has 100 valence electrons. The number of morpholine rings is 1. The fourth-order valence-electron chi connectivity index (χ4n) is 3.20. The first-order chi connectivity index (χ1) is 8.88. The molecule has 0 spiro atoms. The minimum atomic E-state index is 0.255. The van der Waals surface area contributed by atoms with Gasteiger partial charge in [-0.15, -0.1) is 0 Å². The van der Waals surface area contributed by atoms with E-state index in [1.807, 2.05) is 12.3 Å². The number of rotatable bonds is 4. The molecule has 0 aromatic carbocycles. The number of fused-ring (bicyclic) bond motifs is 1. The lowest BCUT2D eigenvalue weighted by Crippen LogP contribution is -2.51. The van der Waals surface area contributed by atoms with Gasteiger partial charge in [0.1, 0.15) is 0 Å². The van der Waals surface area contributed by atoms with E-state index in [1.165, 1.54) is 12.0 Å². The van der Waals surface area contributed by atoms with Gasteiger partial charge in [-0.05, 0) is 25.8 Å². The largest absolute Gasteiger partial charge is 0.472 e. The van der Waals surface area contributed by atoms with Crippen molar-refractivity contribution >= 4 is 0 Å². The van der Waals surface area contributed by atoms with Crippen LogP contribution < -0.4 is 0 Å². The summed E-state index contributed by atoms with van der Waals surface area (Å²) in [5, 5.41) is 0. The summed E-state index contributed by atoms with van der Waals surface area (Å²) in [4.78, 5) is 2.51. The standard InChI is InChI=1S/C14H21NO3/c1-2-17-13-4-3-12-14(13)18-8-6-15(12)9-11-5-7-16-10-11/h5,7,10,12-14H,2-4,6,8-9H2,1H3/t12-,13+,14+/m0/s1. The van der Waals surface area contributed by atoms with Crippen LogP contribution in [0.25, 0.3) is 0 Å². The Morgan fingerprint density at radius 1 is 1.44 bits per heavy atom. The van der Waals surface area contributed by atoms with Gasteiger partial charge in [0.15, 0.2) is 0 Å². The molecule has 1 saturated carbocycles. The Morgan fingerprint density at radius 3 is 3.17 bits per heavy atom. The molecule has 1 aliphatic heterocycles. The molecule has 3 atom stereocenters. The maximum Gasteiger partial charge on any atom is 0.0992 e. The van der Waals surface area contributed by atoms with Gasteiger partial charge in [-0.1, -0.05) is 0 Å². The molecule has 1 aromatic rings. The number of ether oxygens (including phenoxy) is 2. The fraction of sp³-hybridized carbons (Fsp3) is 0.714. The van der Waals surface area contributed by atoms with Crippen molar-refractivity contribution in [1.82, 2.24) is 4.90 Å². The highest BCUT2D eigenvalue weighted by Crippen LogP contribution is 2.32. The van der Waals surface area contributed by atoms with Crippen molar-refractivity contribution in [3.63, 3.8) is 0 Å². The molecule has 1 saturated heterocycles. The summed E-state index contributed by atoms with van der Waals surface area (Å²) in [6.07, 6.45) is 6.40. The molecule has 2 fully saturated rings. The lowest BCUT2D eigenvalue weighted by atomic mass is 10.1. The van der Waals surface area contributed by atoms with Crippen LogP contribution in [0, 0.1) is 0 Å². The quantitative estimate of drug-likeness (QED) is 0.820. The van der Waals surface area contributed by atoms with Crippen LogP contribution in [0.4, 0.5) is 0 Å². The van der Waals surface area contributed by atoms with E-state index in [0.29, 0.717) is 6.04 Å². The molecule has 2 aliphatic rings. The molecule has 0 unspecified atom stereocenters. The molecule has 0 radical (unpaired) electrons. The molecule has 1 aromatic heterocycles. The van der Waals surface area contributed by atoms with Crippen molar-refractivity contribution in [2.75, 3.05) is 19.8 Å². The van der Waals surface area contributed by atoms with Gasteiger partial charge in [0.25, 0.3) is 0 Å². The zero-order valence-corrected chi connectivity index (χ0v) is 10.9. The molecular weight excluding hydrogens is 230 g/mol. The molecule has 4 nitrogen and oxygen atoms in total. The zero-order valence-electron chi connectivity index (χ0n) is 10.9. The zero-order chi connectivity index (χ0) is 12.4. The molecule has 0 bridgehead atoms. The van der Waals surface area contributed by atoms with E-state index >= 15 is 0 Å². The number of hydrogen-bond acceptors (Lipinski definition) is 4. The summed E-state index contributed by atoms with van der Waals surface area (Å²) in [6, 6.07) is 2.55. The molecule has 1 aliphatic carbocycles. The minimum Gasteiger partial charge on any atom is -0.472 e. The van der Waals surface area contributed by atoms with Gasteiger partial charge in [-0.25, -0.2) is 0 Å². The third kappa shape index (κ3) is 2.32. The van der Waals surface area contributed by atoms with Crippen LogP contribution in [0.5, 0.6) is 0 Å². The third-order valence-corrected chi connectivity index (χ3v) is 4.00. The highest BCUT2D eigenvalue weighted by atomic mass is 16.5. The van der Waals surface area contributed by atoms with Gasteiger partial charge in [0, 0.05) is 31.3 Å². The van der Waals surface area contributed by atoms with Crippen molar-refractivity contribution in [1.29, 1.82) is 0 Å². The van der Waals surface area contributed by atoms with E-state index in [2.05, 4.69) is 11.8 Å². The Morgan fingerprint density at radius 2 is 2.39 bits per heavy atom. The monoisotopic (exact) mass is 251 g/mol. The molecule has 0 amide bonds. The predicted octanol–water partition coefficient (Wildman–Crippen LogP) is 2.05. The van der Waals surface area contributed by atoms with Crippen molar-refractivity contribution in [2.45, 2.75) is 44.6 Å². The van der Waals surface area contributed by atoms with E-state index < -0.39 is 0 Å². The summed E-state index contributed by atoms with van der Waals surface area (Å²) in [5.41, 5.74) is 1.25.